The van der Waals surface area contributed by atoms with Crippen molar-refractivity contribution in [3.05, 3.63) is 23.9 Å². The Kier molecular flexibility index (Phi) is 5.23. The van der Waals surface area contributed by atoms with Crippen LogP contribution in [0, 0.1) is 0 Å². The number of aliphatic hydroxyl groups excluding tert-OH is 1. The van der Waals surface area contributed by atoms with Crippen molar-refractivity contribution in [1.82, 2.24) is 10.3 Å². The Hall–Kier alpha value is -1.83. The quantitative estimate of drug-likeness (QED) is 0.891. The van der Waals surface area contributed by atoms with Gasteiger partial charge >= 0.3 is 6.18 Å². The minimum Gasteiger partial charge on any atom is -0.468 e. The maximum atomic E-state index is 12.1. The lowest BCUT2D eigenvalue weighted by Gasteiger charge is -2.26. The fourth-order valence-corrected chi connectivity index (χ4v) is 2.26. The number of carbonyl (C=O) groups is 1. The second kappa shape index (κ2) is 6.95. The molecule has 0 unspecified atom stereocenters. The van der Waals surface area contributed by atoms with E-state index < -0.39 is 18.7 Å². The molecule has 8 heteroatoms. The second-order valence-electron chi connectivity index (χ2n) is 5.24. The molecule has 1 aromatic heterocycles. The van der Waals surface area contributed by atoms with Crippen LogP contribution >= 0.6 is 0 Å². The molecule has 0 aromatic carbocycles. The third-order valence-electron chi connectivity index (χ3n) is 3.37. The summed E-state index contributed by atoms with van der Waals surface area (Å²) < 4.78 is 40.8. The first-order chi connectivity index (χ1) is 10.3. The number of carbonyl (C=O) groups excluding carboxylic acids is 1. The van der Waals surface area contributed by atoms with Gasteiger partial charge in [0.25, 0.3) is 5.91 Å². The largest absolute Gasteiger partial charge is 0.468 e. The summed E-state index contributed by atoms with van der Waals surface area (Å²) in [7, 11) is 0. The molecule has 2 N–H and O–H groups in total. The Labute approximate surface area is 125 Å². The van der Waals surface area contributed by atoms with E-state index >= 15 is 0 Å². The smallest absolute Gasteiger partial charge is 0.422 e. The van der Waals surface area contributed by atoms with E-state index in [0.29, 0.717) is 25.7 Å². The zero-order valence-corrected chi connectivity index (χ0v) is 11.8. The van der Waals surface area contributed by atoms with Crippen molar-refractivity contribution >= 4 is 5.91 Å². The van der Waals surface area contributed by atoms with Crippen molar-refractivity contribution in [2.75, 3.05) is 6.61 Å². The van der Waals surface area contributed by atoms with Crippen LogP contribution in [0.1, 0.15) is 36.2 Å². The lowest BCUT2D eigenvalue weighted by molar-refractivity contribution is -0.154. The van der Waals surface area contributed by atoms with E-state index in [-0.39, 0.29) is 23.7 Å². The van der Waals surface area contributed by atoms with Gasteiger partial charge in [-0.05, 0) is 31.7 Å². The molecule has 1 heterocycles. The predicted octanol–water partition coefficient (Wildman–Crippen LogP) is 2.06. The lowest BCUT2D eigenvalue weighted by Crippen LogP contribution is -2.38. The van der Waals surface area contributed by atoms with Crippen molar-refractivity contribution in [3.63, 3.8) is 0 Å². The molecule has 1 aliphatic rings. The number of hydrogen-bond acceptors (Lipinski definition) is 4. The molecule has 0 atom stereocenters. The summed E-state index contributed by atoms with van der Waals surface area (Å²) in [6.45, 7) is -1.45. The van der Waals surface area contributed by atoms with Crippen LogP contribution in [-0.4, -0.2) is 40.9 Å². The van der Waals surface area contributed by atoms with Gasteiger partial charge in [-0.15, -0.1) is 0 Å². The zero-order valence-electron chi connectivity index (χ0n) is 11.8. The molecule has 1 fully saturated rings. The van der Waals surface area contributed by atoms with Crippen LogP contribution in [-0.2, 0) is 0 Å². The average Bonchev–Trinajstić information content (AvgIpc) is 2.47. The van der Waals surface area contributed by atoms with E-state index in [1.165, 1.54) is 18.2 Å². The number of rotatable bonds is 4. The van der Waals surface area contributed by atoms with E-state index in [2.05, 4.69) is 15.0 Å². The summed E-state index contributed by atoms with van der Waals surface area (Å²) >= 11 is 0. The molecule has 0 saturated heterocycles. The number of ether oxygens (including phenoxy) is 1. The van der Waals surface area contributed by atoms with Gasteiger partial charge in [0.15, 0.2) is 6.61 Å². The summed E-state index contributed by atoms with van der Waals surface area (Å²) in [5, 5.41) is 12.2. The normalized spacial score (nSPS) is 22.2. The predicted molar refractivity (Wildman–Crippen MR) is 71.5 cm³/mol. The fraction of sp³-hybridized carbons (Fsp3) is 0.571. The molecule has 0 aliphatic heterocycles. The molecule has 0 radical (unpaired) electrons. The molecule has 0 spiro atoms. The monoisotopic (exact) mass is 318 g/mol. The Morgan fingerprint density at radius 1 is 1.32 bits per heavy atom. The maximum Gasteiger partial charge on any atom is 0.422 e. The van der Waals surface area contributed by atoms with E-state index in [0.717, 1.165) is 0 Å². The highest BCUT2D eigenvalue weighted by molar-refractivity contribution is 5.92. The van der Waals surface area contributed by atoms with Crippen LogP contribution in [0.15, 0.2) is 18.2 Å². The second-order valence-corrected chi connectivity index (χ2v) is 5.24. The van der Waals surface area contributed by atoms with Gasteiger partial charge in [-0.1, -0.05) is 6.07 Å². The van der Waals surface area contributed by atoms with Gasteiger partial charge in [0, 0.05) is 12.1 Å². The van der Waals surface area contributed by atoms with Gasteiger partial charge in [0.05, 0.1) is 6.10 Å². The molecule has 1 amide bonds. The number of alkyl halides is 3. The third-order valence-corrected chi connectivity index (χ3v) is 3.37. The van der Waals surface area contributed by atoms with Crippen molar-refractivity contribution in [2.45, 2.75) is 44.0 Å². The fourth-order valence-electron chi connectivity index (χ4n) is 2.26. The van der Waals surface area contributed by atoms with E-state index in [9.17, 15) is 23.1 Å². The third kappa shape index (κ3) is 5.18. The van der Waals surface area contributed by atoms with Crippen LogP contribution in [0.25, 0.3) is 0 Å². The first-order valence-electron chi connectivity index (χ1n) is 6.99. The minimum absolute atomic E-state index is 0.00537. The summed E-state index contributed by atoms with van der Waals surface area (Å²) in [6.07, 6.45) is -2.22. The first kappa shape index (κ1) is 16.5. The van der Waals surface area contributed by atoms with Crippen molar-refractivity contribution < 1.29 is 27.8 Å². The lowest BCUT2D eigenvalue weighted by atomic mass is 9.93. The number of hydrogen-bond donors (Lipinski definition) is 2. The van der Waals surface area contributed by atoms with Gasteiger partial charge in [0.2, 0.25) is 5.88 Å². The van der Waals surface area contributed by atoms with E-state index in [1.807, 2.05) is 0 Å². The van der Waals surface area contributed by atoms with E-state index in [1.54, 1.807) is 0 Å². The highest BCUT2D eigenvalue weighted by Crippen LogP contribution is 2.19. The Bertz CT molecular complexity index is 514. The number of pyridine rings is 1. The molecular weight excluding hydrogens is 301 g/mol. The number of amides is 1. The number of aliphatic hydroxyl groups is 1. The van der Waals surface area contributed by atoms with Gasteiger partial charge in [0.1, 0.15) is 5.69 Å². The molecule has 122 valence electrons. The average molecular weight is 318 g/mol. The van der Waals surface area contributed by atoms with Crippen LogP contribution < -0.4 is 10.1 Å². The van der Waals surface area contributed by atoms with Crippen LogP contribution in [0.4, 0.5) is 13.2 Å². The highest BCUT2D eigenvalue weighted by Gasteiger charge is 2.29. The number of nitrogens with zero attached hydrogens (tertiary/aromatic N) is 1. The summed E-state index contributed by atoms with van der Waals surface area (Å²) in [5.41, 5.74) is 0.00537. The van der Waals surface area contributed by atoms with Gasteiger partial charge in [-0.3, -0.25) is 4.79 Å². The molecule has 0 bridgehead atoms. The molecule has 2 rings (SSSR count). The summed E-state index contributed by atoms with van der Waals surface area (Å²) in [4.78, 5) is 15.8. The molecular formula is C14H17F3N2O3. The van der Waals surface area contributed by atoms with Gasteiger partial charge < -0.3 is 15.2 Å². The summed E-state index contributed by atoms with van der Waals surface area (Å²) in [6, 6.07) is 4.03. The van der Waals surface area contributed by atoms with Gasteiger partial charge in [-0.25, -0.2) is 4.98 Å². The van der Waals surface area contributed by atoms with Crippen LogP contribution in [0.2, 0.25) is 0 Å². The minimum atomic E-state index is -4.46. The molecule has 1 aliphatic carbocycles. The number of halogens is 3. The summed E-state index contributed by atoms with van der Waals surface area (Å²) in [5.74, 6) is -0.706. The number of nitrogens with one attached hydrogen (secondary N) is 1. The molecule has 22 heavy (non-hydrogen) atoms. The zero-order chi connectivity index (χ0) is 16.2. The Morgan fingerprint density at radius 3 is 2.64 bits per heavy atom. The molecule has 5 nitrogen and oxygen atoms in total. The SMILES string of the molecule is O=C(NC1CCC(O)CC1)c1cccc(OCC(F)(F)F)n1. The Balaban J connectivity index is 1.92. The topological polar surface area (TPSA) is 71.5 Å². The highest BCUT2D eigenvalue weighted by atomic mass is 19.4. The maximum absolute atomic E-state index is 12.1. The van der Waals surface area contributed by atoms with Crippen LogP contribution in [0.5, 0.6) is 5.88 Å². The standard InChI is InChI=1S/C14H17F3N2O3/c15-14(16,17)8-22-12-3-1-2-11(19-12)13(21)18-9-4-6-10(20)7-5-9/h1-3,9-10,20H,4-8H2,(H,18,21). The van der Waals surface area contributed by atoms with Gasteiger partial charge in [-0.2, -0.15) is 13.2 Å². The molecule has 1 saturated carbocycles. The first-order valence-corrected chi connectivity index (χ1v) is 6.99. The molecule has 1 aromatic rings. The van der Waals surface area contributed by atoms with E-state index in [4.69, 9.17) is 0 Å². The number of aromatic nitrogens is 1. The van der Waals surface area contributed by atoms with Crippen molar-refractivity contribution in [3.8, 4) is 5.88 Å². The van der Waals surface area contributed by atoms with Crippen molar-refractivity contribution in [2.24, 2.45) is 0 Å². The van der Waals surface area contributed by atoms with Crippen LogP contribution in [0.3, 0.4) is 0 Å². The Morgan fingerprint density at radius 2 is 2.00 bits per heavy atom. The van der Waals surface area contributed by atoms with Crippen molar-refractivity contribution in [1.29, 1.82) is 0 Å².